The lowest BCUT2D eigenvalue weighted by Crippen LogP contribution is -2.55. The van der Waals surface area contributed by atoms with E-state index in [4.69, 9.17) is 4.74 Å². The Labute approximate surface area is 163 Å². The zero-order chi connectivity index (χ0) is 19.1. The molecule has 0 saturated carbocycles. The highest BCUT2D eigenvalue weighted by atomic mass is 32.2. The minimum Gasteiger partial charge on any atom is -0.358 e. The first-order chi connectivity index (χ1) is 12.9. The maximum atomic E-state index is 13.0. The second kappa shape index (κ2) is 7.01. The summed E-state index contributed by atoms with van der Waals surface area (Å²) in [5, 5.41) is 1.76. The number of nitrogens with zero attached hydrogens (tertiary/aromatic N) is 2. The lowest BCUT2D eigenvalue weighted by Gasteiger charge is -2.42. The van der Waals surface area contributed by atoms with Gasteiger partial charge >= 0.3 is 0 Å². The van der Waals surface area contributed by atoms with E-state index in [1.807, 2.05) is 31.2 Å². The number of carbonyl (C=O) groups excluding carboxylic acids is 1. The summed E-state index contributed by atoms with van der Waals surface area (Å²) in [5.74, 6) is -0.0146. The largest absolute Gasteiger partial charge is 0.358 e. The van der Waals surface area contributed by atoms with Crippen LogP contribution in [-0.2, 0) is 14.8 Å². The molecular formula is C19H22N2O4S2. The summed E-state index contributed by atoms with van der Waals surface area (Å²) in [6.45, 7) is 3.65. The van der Waals surface area contributed by atoms with Crippen LogP contribution in [0, 0.1) is 6.92 Å². The summed E-state index contributed by atoms with van der Waals surface area (Å²) in [7, 11) is -3.58. The van der Waals surface area contributed by atoms with Crippen LogP contribution in [0.5, 0.6) is 0 Å². The molecule has 6 nitrogen and oxygen atoms in total. The van der Waals surface area contributed by atoms with Crippen molar-refractivity contribution in [3.8, 4) is 0 Å². The maximum Gasteiger partial charge on any atom is 0.255 e. The fraction of sp³-hybridized carbons (Fsp3) is 0.421. The Hall–Kier alpha value is -1.74. The van der Waals surface area contributed by atoms with E-state index in [1.54, 1.807) is 22.4 Å². The predicted octanol–water partition coefficient (Wildman–Crippen LogP) is 2.71. The van der Waals surface area contributed by atoms with Gasteiger partial charge in [-0.05, 0) is 30.5 Å². The number of piperidine rings is 1. The molecule has 1 spiro atoms. The van der Waals surface area contributed by atoms with Gasteiger partial charge in [-0.2, -0.15) is 4.31 Å². The fourth-order valence-electron chi connectivity index (χ4n) is 3.87. The number of benzene rings is 1. The summed E-state index contributed by atoms with van der Waals surface area (Å²) in [6.07, 6.45) is 0.963. The van der Waals surface area contributed by atoms with Crippen molar-refractivity contribution in [1.29, 1.82) is 0 Å². The summed E-state index contributed by atoms with van der Waals surface area (Å²) in [4.78, 5) is 14.6. The SMILES string of the molecule is Cc1cccc(C(=O)N2CCC3(CC2)OCCN3S(=O)(=O)c2cccs2)c1. The van der Waals surface area contributed by atoms with Crippen molar-refractivity contribution in [3.05, 3.63) is 52.9 Å². The molecule has 27 heavy (non-hydrogen) atoms. The normalized spacial score (nSPS) is 20.3. The number of amides is 1. The van der Waals surface area contributed by atoms with E-state index < -0.39 is 15.7 Å². The van der Waals surface area contributed by atoms with Gasteiger partial charge in [-0.3, -0.25) is 4.79 Å². The highest BCUT2D eigenvalue weighted by Gasteiger charge is 2.51. The maximum absolute atomic E-state index is 13.0. The second-order valence-corrected chi connectivity index (χ2v) is 10.0. The van der Waals surface area contributed by atoms with Crippen molar-refractivity contribution < 1.29 is 17.9 Å². The molecule has 4 rings (SSSR count). The molecule has 144 valence electrons. The van der Waals surface area contributed by atoms with E-state index in [2.05, 4.69) is 0 Å². The van der Waals surface area contributed by atoms with Gasteiger partial charge < -0.3 is 9.64 Å². The monoisotopic (exact) mass is 406 g/mol. The second-order valence-electron chi connectivity index (χ2n) is 6.97. The van der Waals surface area contributed by atoms with E-state index in [0.29, 0.717) is 48.9 Å². The quantitative estimate of drug-likeness (QED) is 0.786. The average Bonchev–Trinajstić information content (AvgIpc) is 3.33. The van der Waals surface area contributed by atoms with Gasteiger partial charge in [0.05, 0.1) is 6.61 Å². The van der Waals surface area contributed by atoms with E-state index in [9.17, 15) is 13.2 Å². The number of hydrogen-bond acceptors (Lipinski definition) is 5. The Balaban J connectivity index is 1.51. The van der Waals surface area contributed by atoms with Crippen LogP contribution in [0.1, 0.15) is 28.8 Å². The summed E-state index contributed by atoms with van der Waals surface area (Å²) in [6, 6.07) is 10.9. The zero-order valence-electron chi connectivity index (χ0n) is 15.1. The predicted molar refractivity (Wildman–Crippen MR) is 103 cm³/mol. The minimum absolute atomic E-state index is 0.0146. The molecule has 0 aliphatic carbocycles. The highest BCUT2D eigenvalue weighted by Crippen LogP contribution is 2.39. The molecule has 2 aliphatic heterocycles. The first-order valence-corrected chi connectivity index (χ1v) is 11.3. The van der Waals surface area contributed by atoms with Crippen molar-refractivity contribution >= 4 is 27.3 Å². The molecule has 0 bridgehead atoms. The van der Waals surface area contributed by atoms with Crippen LogP contribution in [-0.4, -0.2) is 55.5 Å². The Morgan fingerprint density at radius 3 is 2.59 bits per heavy atom. The van der Waals surface area contributed by atoms with Crippen LogP contribution in [0.4, 0.5) is 0 Å². The standard InChI is InChI=1S/C19H22N2O4S2/c1-15-4-2-5-16(14-15)18(22)20-9-7-19(8-10-20)21(11-12-25-19)27(23,24)17-6-3-13-26-17/h2-6,13-14H,7-12H2,1H3. The number of likely N-dealkylation sites (tertiary alicyclic amines) is 1. The summed E-state index contributed by atoms with van der Waals surface area (Å²) in [5.41, 5.74) is 0.870. The first-order valence-electron chi connectivity index (χ1n) is 8.99. The first kappa shape index (κ1) is 18.6. The molecule has 1 aromatic heterocycles. The smallest absolute Gasteiger partial charge is 0.255 e. The van der Waals surface area contributed by atoms with Gasteiger partial charge in [0, 0.05) is 38.0 Å². The number of rotatable bonds is 3. The van der Waals surface area contributed by atoms with Crippen molar-refractivity contribution in [2.75, 3.05) is 26.2 Å². The number of sulfonamides is 1. The Bertz CT molecular complexity index is 932. The van der Waals surface area contributed by atoms with E-state index >= 15 is 0 Å². The molecular weight excluding hydrogens is 384 g/mol. The summed E-state index contributed by atoms with van der Waals surface area (Å²) >= 11 is 1.22. The number of thiophene rings is 1. The number of hydrogen-bond donors (Lipinski definition) is 0. The molecule has 2 saturated heterocycles. The van der Waals surface area contributed by atoms with E-state index in [-0.39, 0.29) is 5.91 Å². The van der Waals surface area contributed by atoms with Gasteiger partial charge in [0.1, 0.15) is 9.93 Å². The Morgan fingerprint density at radius 2 is 1.93 bits per heavy atom. The third kappa shape index (κ3) is 3.31. The molecule has 0 atom stereocenters. The van der Waals surface area contributed by atoms with Gasteiger partial charge in [0.2, 0.25) is 0 Å². The van der Waals surface area contributed by atoms with E-state index in [1.165, 1.54) is 15.6 Å². The van der Waals surface area contributed by atoms with Crippen molar-refractivity contribution in [1.82, 2.24) is 9.21 Å². The molecule has 8 heteroatoms. The molecule has 1 aromatic carbocycles. The molecule has 2 aromatic rings. The van der Waals surface area contributed by atoms with Crippen molar-refractivity contribution in [3.63, 3.8) is 0 Å². The molecule has 1 amide bonds. The topological polar surface area (TPSA) is 66.9 Å². The third-order valence-electron chi connectivity index (χ3n) is 5.26. The third-order valence-corrected chi connectivity index (χ3v) is 8.58. The number of carbonyl (C=O) groups is 1. The highest BCUT2D eigenvalue weighted by molar-refractivity contribution is 7.91. The van der Waals surface area contributed by atoms with Crippen LogP contribution < -0.4 is 0 Å². The van der Waals surface area contributed by atoms with Gasteiger partial charge in [-0.25, -0.2) is 8.42 Å². The van der Waals surface area contributed by atoms with E-state index in [0.717, 1.165) is 5.56 Å². The molecule has 0 radical (unpaired) electrons. The van der Waals surface area contributed by atoms with Crippen LogP contribution in [0.25, 0.3) is 0 Å². The van der Waals surface area contributed by atoms with Crippen LogP contribution >= 0.6 is 11.3 Å². The summed E-state index contributed by atoms with van der Waals surface area (Å²) < 4.78 is 33.8. The lowest BCUT2D eigenvalue weighted by atomic mass is 9.99. The molecule has 2 aliphatic rings. The lowest BCUT2D eigenvalue weighted by molar-refractivity contribution is -0.0856. The van der Waals surface area contributed by atoms with Gasteiger partial charge in [-0.15, -0.1) is 11.3 Å². The fourth-order valence-corrected chi connectivity index (χ4v) is 6.69. The minimum atomic E-state index is -3.58. The number of aryl methyl sites for hydroxylation is 1. The van der Waals surface area contributed by atoms with Crippen molar-refractivity contribution in [2.24, 2.45) is 0 Å². The zero-order valence-corrected chi connectivity index (χ0v) is 16.8. The van der Waals surface area contributed by atoms with Gasteiger partial charge in [0.15, 0.2) is 0 Å². The van der Waals surface area contributed by atoms with Crippen LogP contribution in [0.3, 0.4) is 0 Å². The average molecular weight is 407 g/mol. The number of ether oxygens (including phenoxy) is 1. The van der Waals surface area contributed by atoms with Gasteiger partial charge in [-0.1, -0.05) is 23.8 Å². The Morgan fingerprint density at radius 1 is 1.15 bits per heavy atom. The van der Waals surface area contributed by atoms with Gasteiger partial charge in [0.25, 0.3) is 15.9 Å². The van der Waals surface area contributed by atoms with Crippen LogP contribution in [0.2, 0.25) is 0 Å². The van der Waals surface area contributed by atoms with Crippen LogP contribution in [0.15, 0.2) is 46.0 Å². The molecule has 2 fully saturated rings. The molecule has 0 N–H and O–H groups in total. The molecule has 0 unspecified atom stereocenters. The van der Waals surface area contributed by atoms with Crippen molar-refractivity contribution in [2.45, 2.75) is 29.7 Å². The molecule has 3 heterocycles. The Kier molecular flexibility index (Phi) is 4.84.